The maximum absolute atomic E-state index is 11.7. The van der Waals surface area contributed by atoms with Gasteiger partial charge in [0, 0.05) is 18.8 Å². The molecule has 2 rings (SSSR count). The van der Waals surface area contributed by atoms with Gasteiger partial charge in [0.2, 0.25) is 0 Å². The average molecular weight is 192 g/mol. The first-order valence-electron chi connectivity index (χ1n) is 5.12. The number of allylic oxidation sites excluding steroid dienone is 2. The van der Waals surface area contributed by atoms with E-state index >= 15 is 0 Å². The SMILES string of the molecule is C=C(C)C1CC(=O)[C@@]2(O)CC=CC[C@H]12. The molecular weight excluding hydrogens is 176 g/mol. The molecule has 1 N–H and O–H groups in total. The number of carbonyl (C=O) groups is 1. The molecule has 0 amide bonds. The van der Waals surface area contributed by atoms with Crippen LogP contribution in [-0.2, 0) is 4.79 Å². The van der Waals surface area contributed by atoms with Crippen molar-refractivity contribution in [3.63, 3.8) is 0 Å². The van der Waals surface area contributed by atoms with Gasteiger partial charge in [0.25, 0.3) is 0 Å². The molecule has 76 valence electrons. The predicted octanol–water partition coefficient (Wildman–Crippen LogP) is 1.85. The fourth-order valence-electron chi connectivity index (χ4n) is 2.71. The van der Waals surface area contributed by atoms with E-state index in [9.17, 15) is 9.90 Å². The maximum atomic E-state index is 11.7. The molecule has 0 aliphatic heterocycles. The summed E-state index contributed by atoms with van der Waals surface area (Å²) in [6, 6.07) is 0. The Hall–Kier alpha value is -0.890. The lowest BCUT2D eigenvalue weighted by atomic mass is 9.76. The standard InChI is InChI=1S/C12H16O2/c1-8(2)9-7-11(13)12(14)6-4-3-5-10(9)12/h3-4,9-10,14H,1,5-7H2,2H3/t9?,10-,12-/m1/s1. The lowest BCUT2D eigenvalue weighted by molar-refractivity contribution is -0.136. The first-order chi connectivity index (χ1) is 6.55. The van der Waals surface area contributed by atoms with Crippen LogP contribution >= 0.6 is 0 Å². The highest BCUT2D eigenvalue weighted by Crippen LogP contribution is 2.46. The van der Waals surface area contributed by atoms with Crippen molar-refractivity contribution in [2.45, 2.75) is 31.8 Å². The van der Waals surface area contributed by atoms with Crippen LogP contribution in [-0.4, -0.2) is 16.5 Å². The summed E-state index contributed by atoms with van der Waals surface area (Å²) in [5.74, 6) is 0.245. The zero-order chi connectivity index (χ0) is 10.3. The maximum Gasteiger partial charge on any atom is 0.165 e. The smallest absolute Gasteiger partial charge is 0.165 e. The van der Waals surface area contributed by atoms with Gasteiger partial charge in [-0.3, -0.25) is 4.79 Å². The molecule has 0 aromatic heterocycles. The Labute approximate surface area is 84.3 Å². The van der Waals surface area contributed by atoms with Gasteiger partial charge in [-0.05, 0) is 19.3 Å². The summed E-state index contributed by atoms with van der Waals surface area (Å²) < 4.78 is 0. The van der Waals surface area contributed by atoms with Gasteiger partial charge < -0.3 is 5.11 Å². The number of ketones is 1. The van der Waals surface area contributed by atoms with Gasteiger partial charge in [0.1, 0.15) is 5.60 Å². The molecule has 1 saturated carbocycles. The summed E-state index contributed by atoms with van der Waals surface area (Å²) in [7, 11) is 0. The van der Waals surface area contributed by atoms with E-state index in [2.05, 4.69) is 12.7 Å². The fraction of sp³-hybridized carbons (Fsp3) is 0.583. The molecule has 2 aliphatic carbocycles. The normalized spacial score (nSPS) is 41.1. The molecule has 0 saturated heterocycles. The number of aliphatic hydroxyl groups is 1. The lowest BCUT2D eigenvalue weighted by Gasteiger charge is -2.32. The van der Waals surface area contributed by atoms with E-state index in [0.29, 0.717) is 12.8 Å². The predicted molar refractivity (Wildman–Crippen MR) is 54.7 cm³/mol. The number of hydrogen-bond acceptors (Lipinski definition) is 2. The van der Waals surface area contributed by atoms with Gasteiger partial charge >= 0.3 is 0 Å². The van der Waals surface area contributed by atoms with Crippen LogP contribution in [0.5, 0.6) is 0 Å². The Bertz CT molecular complexity index is 316. The summed E-state index contributed by atoms with van der Waals surface area (Å²) in [5.41, 5.74) is -0.0622. The van der Waals surface area contributed by atoms with Crippen molar-refractivity contribution in [1.29, 1.82) is 0 Å². The Morgan fingerprint density at radius 1 is 1.64 bits per heavy atom. The van der Waals surface area contributed by atoms with Crippen molar-refractivity contribution in [2.24, 2.45) is 11.8 Å². The first kappa shape index (κ1) is 9.66. The van der Waals surface area contributed by atoms with Gasteiger partial charge in [-0.15, -0.1) is 0 Å². The molecule has 1 unspecified atom stereocenters. The molecule has 0 heterocycles. The molecule has 0 aromatic carbocycles. The van der Waals surface area contributed by atoms with Crippen LogP contribution in [0.4, 0.5) is 0 Å². The minimum Gasteiger partial charge on any atom is -0.381 e. The van der Waals surface area contributed by atoms with Gasteiger partial charge in [-0.2, -0.15) is 0 Å². The summed E-state index contributed by atoms with van der Waals surface area (Å²) in [4.78, 5) is 11.7. The molecule has 2 nitrogen and oxygen atoms in total. The molecule has 3 atom stereocenters. The van der Waals surface area contributed by atoms with Crippen LogP contribution in [0.1, 0.15) is 26.2 Å². The van der Waals surface area contributed by atoms with E-state index in [1.54, 1.807) is 0 Å². The average Bonchev–Trinajstić information content (AvgIpc) is 2.40. The Kier molecular flexibility index (Phi) is 2.11. The van der Waals surface area contributed by atoms with E-state index in [1.165, 1.54) is 0 Å². The second kappa shape index (κ2) is 3.06. The van der Waals surface area contributed by atoms with Crippen molar-refractivity contribution in [3.8, 4) is 0 Å². The number of hydrogen-bond donors (Lipinski definition) is 1. The molecule has 14 heavy (non-hydrogen) atoms. The van der Waals surface area contributed by atoms with Gasteiger partial charge in [0.15, 0.2) is 5.78 Å². The van der Waals surface area contributed by atoms with Crippen LogP contribution in [0, 0.1) is 11.8 Å². The minimum atomic E-state index is -1.08. The van der Waals surface area contributed by atoms with Gasteiger partial charge in [-0.1, -0.05) is 24.3 Å². The molecule has 0 bridgehead atoms. The van der Waals surface area contributed by atoms with Crippen LogP contribution < -0.4 is 0 Å². The highest BCUT2D eigenvalue weighted by Gasteiger charge is 2.53. The highest BCUT2D eigenvalue weighted by atomic mass is 16.3. The summed E-state index contributed by atoms with van der Waals surface area (Å²) in [6.45, 7) is 5.85. The highest BCUT2D eigenvalue weighted by molar-refractivity contribution is 5.91. The zero-order valence-corrected chi connectivity index (χ0v) is 8.49. The number of Topliss-reactive ketones (excluding diaryl/α,β-unsaturated/α-hetero) is 1. The van der Waals surface area contributed by atoms with Gasteiger partial charge in [-0.25, -0.2) is 0 Å². The first-order valence-corrected chi connectivity index (χ1v) is 5.12. The molecule has 2 heteroatoms. The van der Waals surface area contributed by atoms with Crippen LogP contribution in [0.25, 0.3) is 0 Å². The molecule has 0 radical (unpaired) electrons. The summed E-state index contributed by atoms with van der Waals surface area (Å²) in [5, 5.41) is 10.3. The van der Waals surface area contributed by atoms with Crippen molar-refractivity contribution < 1.29 is 9.90 Å². The summed E-state index contributed by atoms with van der Waals surface area (Å²) in [6.07, 6.45) is 5.74. The molecule has 0 aromatic rings. The third-order valence-electron chi connectivity index (χ3n) is 3.61. The van der Waals surface area contributed by atoms with Crippen LogP contribution in [0.2, 0.25) is 0 Å². The number of carbonyl (C=O) groups excluding carboxylic acids is 1. The zero-order valence-electron chi connectivity index (χ0n) is 8.49. The van der Waals surface area contributed by atoms with E-state index in [4.69, 9.17) is 0 Å². The van der Waals surface area contributed by atoms with Crippen LogP contribution in [0.3, 0.4) is 0 Å². The van der Waals surface area contributed by atoms with Crippen molar-refractivity contribution in [1.82, 2.24) is 0 Å². The molecule has 2 aliphatic rings. The number of rotatable bonds is 1. The fourth-order valence-corrected chi connectivity index (χ4v) is 2.71. The van der Waals surface area contributed by atoms with E-state index < -0.39 is 5.60 Å². The lowest BCUT2D eigenvalue weighted by Crippen LogP contribution is -2.42. The van der Waals surface area contributed by atoms with Crippen LogP contribution in [0.15, 0.2) is 24.3 Å². The van der Waals surface area contributed by atoms with E-state index in [0.717, 1.165) is 12.0 Å². The molecule has 1 fully saturated rings. The largest absolute Gasteiger partial charge is 0.381 e. The summed E-state index contributed by atoms with van der Waals surface area (Å²) >= 11 is 0. The Balaban J connectivity index is 2.35. The second-order valence-electron chi connectivity index (χ2n) is 4.52. The Morgan fingerprint density at radius 2 is 2.36 bits per heavy atom. The second-order valence-corrected chi connectivity index (χ2v) is 4.52. The topological polar surface area (TPSA) is 37.3 Å². The van der Waals surface area contributed by atoms with E-state index in [1.807, 2.05) is 13.0 Å². The van der Waals surface area contributed by atoms with Crippen molar-refractivity contribution >= 4 is 5.78 Å². The minimum absolute atomic E-state index is 0.000139. The number of fused-ring (bicyclic) bond motifs is 1. The molecule has 0 spiro atoms. The quantitative estimate of drug-likeness (QED) is 0.644. The van der Waals surface area contributed by atoms with Crippen molar-refractivity contribution in [2.75, 3.05) is 0 Å². The monoisotopic (exact) mass is 192 g/mol. The van der Waals surface area contributed by atoms with Crippen molar-refractivity contribution in [3.05, 3.63) is 24.3 Å². The molecular formula is C12H16O2. The van der Waals surface area contributed by atoms with Gasteiger partial charge in [0.05, 0.1) is 0 Å². The Morgan fingerprint density at radius 3 is 3.00 bits per heavy atom. The third kappa shape index (κ3) is 1.17. The van der Waals surface area contributed by atoms with E-state index in [-0.39, 0.29) is 17.6 Å². The third-order valence-corrected chi connectivity index (χ3v) is 3.61.